The average molecular weight is 203 g/mol. The van der Waals surface area contributed by atoms with Crippen molar-refractivity contribution in [1.82, 2.24) is 4.98 Å². The predicted molar refractivity (Wildman–Crippen MR) is 58.4 cm³/mol. The van der Waals surface area contributed by atoms with Crippen molar-refractivity contribution in [2.24, 2.45) is 0 Å². The molecule has 15 heavy (non-hydrogen) atoms. The van der Waals surface area contributed by atoms with Gasteiger partial charge in [0.25, 0.3) is 0 Å². The molecule has 0 aliphatic heterocycles. The van der Waals surface area contributed by atoms with E-state index >= 15 is 0 Å². The largest absolute Gasteiger partial charge is 0.396 e. The summed E-state index contributed by atoms with van der Waals surface area (Å²) in [7, 11) is 0. The Bertz CT molecular complexity index is 451. The van der Waals surface area contributed by atoms with Crippen LogP contribution in [0.1, 0.15) is 18.1 Å². The molecule has 0 amide bonds. The van der Waals surface area contributed by atoms with E-state index in [1.54, 1.807) is 6.20 Å². The summed E-state index contributed by atoms with van der Waals surface area (Å²) in [5.41, 5.74) is 1.59. The number of fused-ring (bicyclic) bond motifs is 1. The third-order valence-corrected chi connectivity index (χ3v) is 2.43. The molecular weight excluding hydrogens is 190 g/mol. The van der Waals surface area contributed by atoms with Crippen LogP contribution in [-0.4, -0.2) is 21.8 Å². The second-order valence-electron chi connectivity index (χ2n) is 3.45. The molecular formula is C12H13NO2. The van der Waals surface area contributed by atoms with Crippen molar-refractivity contribution < 1.29 is 10.2 Å². The smallest absolute Gasteiger partial charge is 0.0833 e. The van der Waals surface area contributed by atoms with Crippen LogP contribution in [0.25, 0.3) is 10.9 Å². The summed E-state index contributed by atoms with van der Waals surface area (Å²) < 4.78 is 0. The summed E-state index contributed by atoms with van der Waals surface area (Å²) in [6.07, 6.45) is 1.40. The van der Waals surface area contributed by atoms with Crippen LogP contribution in [0.3, 0.4) is 0 Å². The van der Waals surface area contributed by atoms with Crippen LogP contribution in [0.5, 0.6) is 0 Å². The molecule has 0 spiro atoms. The van der Waals surface area contributed by atoms with Crippen LogP contribution < -0.4 is 0 Å². The molecule has 3 nitrogen and oxygen atoms in total. The first-order chi connectivity index (χ1) is 7.33. The number of para-hydroxylation sites is 1. The summed E-state index contributed by atoms with van der Waals surface area (Å²) in [5.74, 6) is 0. The van der Waals surface area contributed by atoms with Gasteiger partial charge in [-0.1, -0.05) is 24.3 Å². The van der Waals surface area contributed by atoms with Crippen molar-refractivity contribution in [2.45, 2.75) is 12.5 Å². The molecule has 0 bridgehead atoms. The maximum Gasteiger partial charge on any atom is 0.0833 e. The number of hydrogen-bond acceptors (Lipinski definition) is 3. The molecule has 2 N–H and O–H groups in total. The number of benzene rings is 1. The molecule has 2 rings (SSSR count). The summed E-state index contributed by atoms with van der Waals surface area (Å²) in [6, 6.07) is 9.51. The molecule has 1 heterocycles. The Labute approximate surface area is 88.0 Å². The van der Waals surface area contributed by atoms with Crippen LogP contribution in [0.2, 0.25) is 0 Å². The van der Waals surface area contributed by atoms with Gasteiger partial charge in [0.05, 0.1) is 11.6 Å². The summed E-state index contributed by atoms with van der Waals surface area (Å²) in [4.78, 5) is 4.24. The lowest BCUT2D eigenvalue weighted by Crippen LogP contribution is -2.01. The van der Waals surface area contributed by atoms with Gasteiger partial charge in [-0.2, -0.15) is 0 Å². The fraction of sp³-hybridized carbons (Fsp3) is 0.250. The van der Waals surface area contributed by atoms with E-state index in [4.69, 9.17) is 5.11 Å². The lowest BCUT2D eigenvalue weighted by Gasteiger charge is -2.11. The number of pyridine rings is 1. The van der Waals surface area contributed by atoms with E-state index in [1.807, 2.05) is 30.3 Å². The fourth-order valence-corrected chi connectivity index (χ4v) is 1.67. The van der Waals surface area contributed by atoms with Gasteiger partial charge in [0.15, 0.2) is 0 Å². The lowest BCUT2D eigenvalue weighted by atomic mass is 10.0. The van der Waals surface area contributed by atoms with Gasteiger partial charge >= 0.3 is 0 Å². The third kappa shape index (κ3) is 1.98. The Morgan fingerprint density at radius 1 is 1.20 bits per heavy atom. The Balaban J connectivity index is 2.50. The standard InChI is InChI=1S/C12H13NO2/c14-8-6-11(15)10-5-1-3-9-4-2-7-13-12(9)10/h1-5,7,11,14-15H,6,8H2. The van der Waals surface area contributed by atoms with E-state index < -0.39 is 6.10 Å². The van der Waals surface area contributed by atoms with Crippen molar-refractivity contribution in [1.29, 1.82) is 0 Å². The van der Waals surface area contributed by atoms with Crippen LogP contribution in [0.15, 0.2) is 36.5 Å². The van der Waals surface area contributed by atoms with E-state index in [0.29, 0.717) is 6.42 Å². The Kier molecular flexibility index (Phi) is 2.94. The Morgan fingerprint density at radius 3 is 2.80 bits per heavy atom. The fourth-order valence-electron chi connectivity index (χ4n) is 1.67. The molecule has 0 fully saturated rings. The van der Waals surface area contributed by atoms with Crippen LogP contribution in [0.4, 0.5) is 0 Å². The topological polar surface area (TPSA) is 53.4 Å². The molecule has 0 saturated heterocycles. The molecule has 78 valence electrons. The highest BCUT2D eigenvalue weighted by molar-refractivity contribution is 5.81. The lowest BCUT2D eigenvalue weighted by molar-refractivity contribution is 0.135. The van der Waals surface area contributed by atoms with Gasteiger partial charge in [-0.25, -0.2) is 0 Å². The summed E-state index contributed by atoms with van der Waals surface area (Å²) >= 11 is 0. The summed E-state index contributed by atoms with van der Waals surface area (Å²) in [5, 5.41) is 19.6. The highest BCUT2D eigenvalue weighted by atomic mass is 16.3. The van der Waals surface area contributed by atoms with E-state index in [1.165, 1.54) is 0 Å². The molecule has 2 aromatic rings. The van der Waals surface area contributed by atoms with Crippen LogP contribution in [-0.2, 0) is 0 Å². The first kappa shape index (κ1) is 10.1. The molecule has 0 aliphatic rings. The van der Waals surface area contributed by atoms with Gasteiger partial charge in [0.1, 0.15) is 0 Å². The number of nitrogens with zero attached hydrogens (tertiary/aromatic N) is 1. The number of aromatic nitrogens is 1. The molecule has 3 heteroatoms. The minimum absolute atomic E-state index is 0.0234. The number of rotatable bonds is 3. The van der Waals surface area contributed by atoms with E-state index in [9.17, 15) is 5.11 Å². The molecule has 0 radical (unpaired) electrons. The van der Waals surface area contributed by atoms with Crippen molar-refractivity contribution in [3.63, 3.8) is 0 Å². The molecule has 1 unspecified atom stereocenters. The van der Waals surface area contributed by atoms with Crippen molar-refractivity contribution in [3.8, 4) is 0 Å². The SMILES string of the molecule is OCCC(O)c1cccc2cccnc12. The minimum Gasteiger partial charge on any atom is -0.396 e. The number of aliphatic hydroxyl groups excluding tert-OH is 2. The van der Waals surface area contributed by atoms with Gasteiger partial charge in [0, 0.05) is 30.2 Å². The maximum atomic E-state index is 9.82. The van der Waals surface area contributed by atoms with Gasteiger partial charge < -0.3 is 10.2 Å². The molecule has 0 saturated carbocycles. The quantitative estimate of drug-likeness (QED) is 0.797. The second-order valence-corrected chi connectivity index (χ2v) is 3.45. The van der Waals surface area contributed by atoms with E-state index in [0.717, 1.165) is 16.5 Å². The van der Waals surface area contributed by atoms with Crippen LogP contribution >= 0.6 is 0 Å². The third-order valence-electron chi connectivity index (χ3n) is 2.43. The predicted octanol–water partition coefficient (Wildman–Crippen LogP) is 1.65. The molecule has 1 aromatic carbocycles. The van der Waals surface area contributed by atoms with Gasteiger partial charge in [-0.15, -0.1) is 0 Å². The Morgan fingerprint density at radius 2 is 2.00 bits per heavy atom. The average Bonchev–Trinajstić information content (AvgIpc) is 2.28. The van der Waals surface area contributed by atoms with Crippen molar-refractivity contribution >= 4 is 10.9 Å². The zero-order valence-electron chi connectivity index (χ0n) is 8.30. The molecule has 1 atom stereocenters. The van der Waals surface area contributed by atoms with Gasteiger partial charge in [-0.05, 0) is 6.07 Å². The zero-order chi connectivity index (χ0) is 10.7. The van der Waals surface area contributed by atoms with E-state index in [-0.39, 0.29) is 6.61 Å². The first-order valence-electron chi connectivity index (χ1n) is 4.95. The zero-order valence-corrected chi connectivity index (χ0v) is 8.30. The van der Waals surface area contributed by atoms with E-state index in [2.05, 4.69) is 4.98 Å². The highest BCUT2D eigenvalue weighted by Crippen LogP contribution is 2.23. The molecule has 1 aromatic heterocycles. The number of hydrogen-bond donors (Lipinski definition) is 2. The normalized spacial score (nSPS) is 12.9. The highest BCUT2D eigenvalue weighted by Gasteiger charge is 2.10. The Hall–Kier alpha value is -1.45. The van der Waals surface area contributed by atoms with Gasteiger partial charge in [-0.3, -0.25) is 4.98 Å². The first-order valence-corrected chi connectivity index (χ1v) is 4.95. The maximum absolute atomic E-state index is 9.82. The summed E-state index contributed by atoms with van der Waals surface area (Å²) in [6.45, 7) is -0.0234. The molecule has 0 aliphatic carbocycles. The minimum atomic E-state index is -0.645. The van der Waals surface area contributed by atoms with Crippen molar-refractivity contribution in [2.75, 3.05) is 6.61 Å². The monoisotopic (exact) mass is 203 g/mol. The van der Waals surface area contributed by atoms with Crippen molar-refractivity contribution in [3.05, 3.63) is 42.1 Å². The number of aliphatic hydroxyl groups is 2. The second kappa shape index (κ2) is 4.38. The van der Waals surface area contributed by atoms with Gasteiger partial charge in [0.2, 0.25) is 0 Å². The van der Waals surface area contributed by atoms with Crippen LogP contribution in [0, 0.1) is 0 Å².